The van der Waals surface area contributed by atoms with E-state index in [0.29, 0.717) is 24.9 Å². The van der Waals surface area contributed by atoms with Crippen LogP contribution in [0.1, 0.15) is 55.1 Å². The van der Waals surface area contributed by atoms with Crippen LogP contribution in [0.15, 0.2) is 30.5 Å². The Morgan fingerprint density at radius 3 is 2.71 bits per heavy atom. The third-order valence-corrected chi connectivity index (χ3v) is 4.27. The summed E-state index contributed by atoms with van der Waals surface area (Å²) >= 11 is 0. The highest BCUT2D eigenvalue weighted by Gasteiger charge is 2.38. The summed E-state index contributed by atoms with van der Waals surface area (Å²) in [7, 11) is 0. The first kappa shape index (κ1) is 16.3. The highest BCUT2D eigenvalue weighted by atomic mass is 16.2. The van der Waals surface area contributed by atoms with Gasteiger partial charge in [0.25, 0.3) is 5.91 Å². The lowest BCUT2D eigenvalue weighted by Gasteiger charge is -2.30. The van der Waals surface area contributed by atoms with E-state index in [1.165, 1.54) is 0 Å². The Balaban J connectivity index is 1.91. The van der Waals surface area contributed by atoms with Crippen LogP contribution in [0.5, 0.6) is 0 Å². The lowest BCUT2D eigenvalue weighted by Crippen LogP contribution is -2.49. The van der Waals surface area contributed by atoms with Crippen molar-refractivity contribution in [2.24, 2.45) is 5.41 Å². The van der Waals surface area contributed by atoms with Crippen molar-refractivity contribution in [1.29, 1.82) is 0 Å². The van der Waals surface area contributed by atoms with E-state index >= 15 is 0 Å². The second-order valence-electron chi connectivity index (χ2n) is 7.41. The molecule has 2 heterocycles. The van der Waals surface area contributed by atoms with Gasteiger partial charge in [0.2, 0.25) is 5.91 Å². The zero-order chi connectivity index (χ0) is 17.5. The molecule has 1 aromatic carbocycles. The van der Waals surface area contributed by atoms with Gasteiger partial charge in [-0.1, -0.05) is 24.5 Å². The van der Waals surface area contributed by atoms with E-state index < -0.39 is 6.04 Å². The Bertz CT molecular complexity index is 790. The second kappa shape index (κ2) is 5.83. The van der Waals surface area contributed by atoms with Crippen LogP contribution in [-0.2, 0) is 11.3 Å². The molecule has 0 radical (unpaired) electrons. The van der Waals surface area contributed by atoms with Crippen molar-refractivity contribution in [3.8, 4) is 11.8 Å². The number of carbonyl (C=O) groups is 2. The van der Waals surface area contributed by atoms with Gasteiger partial charge in [-0.3, -0.25) is 9.59 Å². The fourth-order valence-electron chi connectivity index (χ4n) is 3.04. The number of fused-ring (bicyclic) bond motifs is 1. The summed E-state index contributed by atoms with van der Waals surface area (Å²) in [4.78, 5) is 26.6. The SMILES string of the molecule is C=C1CCC(N2Cc3c(C#CC(C)(C)C)cccc3C2=O)C(=O)N1. The molecule has 2 aliphatic heterocycles. The molecular weight excluding hydrogens is 300 g/mol. The van der Waals surface area contributed by atoms with E-state index in [0.717, 1.165) is 16.8 Å². The number of nitrogens with zero attached hydrogens (tertiary/aromatic N) is 1. The summed E-state index contributed by atoms with van der Waals surface area (Å²) in [6.45, 7) is 10.4. The molecule has 0 aliphatic carbocycles. The number of amides is 2. The van der Waals surface area contributed by atoms with Gasteiger partial charge in [0.1, 0.15) is 6.04 Å². The van der Waals surface area contributed by atoms with Crippen molar-refractivity contribution in [3.63, 3.8) is 0 Å². The molecule has 1 N–H and O–H groups in total. The predicted octanol–water partition coefficient (Wildman–Crippen LogP) is 2.83. The van der Waals surface area contributed by atoms with Gasteiger partial charge >= 0.3 is 0 Å². The van der Waals surface area contributed by atoms with Crippen molar-refractivity contribution in [2.75, 3.05) is 0 Å². The standard InChI is InChI=1S/C20H22N2O2/c1-13-8-9-17(18(23)21-13)22-12-16-14(10-11-20(2,3)4)6-5-7-15(16)19(22)24/h5-7,17H,1,8-9,12H2,2-4H3,(H,21,23). The van der Waals surface area contributed by atoms with Crippen LogP contribution in [0.2, 0.25) is 0 Å². The van der Waals surface area contributed by atoms with Gasteiger partial charge < -0.3 is 10.2 Å². The quantitative estimate of drug-likeness (QED) is 0.808. The summed E-state index contributed by atoms with van der Waals surface area (Å²) in [6.07, 6.45) is 1.32. The molecule has 4 nitrogen and oxygen atoms in total. The molecule has 2 aliphatic rings. The largest absolute Gasteiger partial charge is 0.329 e. The van der Waals surface area contributed by atoms with E-state index in [1.54, 1.807) is 4.90 Å². The minimum Gasteiger partial charge on any atom is -0.329 e. The average Bonchev–Trinajstić information content (AvgIpc) is 2.82. The van der Waals surface area contributed by atoms with Gasteiger partial charge in [0.15, 0.2) is 0 Å². The van der Waals surface area contributed by atoms with Gasteiger partial charge in [-0.2, -0.15) is 0 Å². The average molecular weight is 322 g/mol. The monoisotopic (exact) mass is 322 g/mol. The van der Waals surface area contributed by atoms with Gasteiger partial charge in [-0.15, -0.1) is 0 Å². The first-order valence-corrected chi connectivity index (χ1v) is 8.21. The van der Waals surface area contributed by atoms with Crippen LogP contribution in [0, 0.1) is 17.3 Å². The van der Waals surface area contributed by atoms with Crippen molar-refractivity contribution < 1.29 is 9.59 Å². The highest BCUT2D eigenvalue weighted by molar-refractivity contribution is 6.02. The zero-order valence-corrected chi connectivity index (χ0v) is 14.4. The fraction of sp³-hybridized carbons (Fsp3) is 0.400. The van der Waals surface area contributed by atoms with E-state index in [1.807, 2.05) is 18.2 Å². The maximum absolute atomic E-state index is 12.8. The van der Waals surface area contributed by atoms with E-state index in [-0.39, 0.29) is 17.2 Å². The number of hydrogen-bond donors (Lipinski definition) is 1. The number of piperidine rings is 1. The maximum Gasteiger partial charge on any atom is 0.255 e. The molecule has 1 atom stereocenters. The predicted molar refractivity (Wildman–Crippen MR) is 93.0 cm³/mol. The molecule has 1 fully saturated rings. The normalized spacial score (nSPS) is 20.4. The molecule has 0 aromatic heterocycles. The molecule has 0 saturated carbocycles. The summed E-state index contributed by atoms with van der Waals surface area (Å²) in [5.74, 6) is 6.19. The molecule has 0 spiro atoms. The van der Waals surface area contributed by atoms with Gasteiger partial charge in [-0.05, 0) is 51.3 Å². The zero-order valence-electron chi connectivity index (χ0n) is 14.4. The molecule has 1 saturated heterocycles. The molecule has 1 aromatic rings. The maximum atomic E-state index is 12.8. The van der Waals surface area contributed by atoms with Crippen molar-refractivity contribution in [3.05, 3.63) is 47.2 Å². The highest BCUT2D eigenvalue weighted by Crippen LogP contribution is 2.30. The Labute approximate surface area is 142 Å². The van der Waals surface area contributed by atoms with Gasteiger partial charge in [0.05, 0.1) is 0 Å². The van der Waals surface area contributed by atoms with Crippen LogP contribution in [0.4, 0.5) is 0 Å². The van der Waals surface area contributed by atoms with Crippen LogP contribution in [0.25, 0.3) is 0 Å². The molecule has 1 unspecified atom stereocenters. The molecule has 4 heteroatoms. The topological polar surface area (TPSA) is 49.4 Å². The number of benzene rings is 1. The molecular formula is C20H22N2O2. The number of rotatable bonds is 1. The van der Waals surface area contributed by atoms with Crippen molar-refractivity contribution in [2.45, 2.75) is 46.2 Å². The summed E-state index contributed by atoms with van der Waals surface area (Å²) < 4.78 is 0. The number of allylic oxidation sites excluding steroid dienone is 1. The third kappa shape index (κ3) is 3.07. The molecule has 3 rings (SSSR count). The van der Waals surface area contributed by atoms with E-state index in [4.69, 9.17) is 0 Å². The van der Waals surface area contributed by atoms with E-state index in [2.05, 4.69) is 44.5 Å². The minimum absolute atomic E-state index is 0.0860. The molecule has 124 valence electrons. The Morgan fingerprint density at radius 2 is 2.04 bits per heavy atom. The van der Waals surface area contributed by atoms with Crippen LogP contribution in [-0.4, -0.2) is 22.8 Å². The Kier molecular flexibility index (Phi) is 3.96. The molecule has 24 heavy (non-hydrogen) atoms. The van der Waals surface area contributed by atoms with Crippen molar-refractivity contribution >= 4 is 11.8 Å². The minimum atomic E-state index is -0.432. The second-order valence-corrected chi connectivity index (χ2v) is 7.41. The first-order chi connectivity index (χ1) is 11.3. The van der Waals surface area contributed by atoms with E-state index in [9.17, 15) is 9.59 Å². The smallest absolute Gasteiger partial charge is 0.255 e. The lowest BCUT2D eigenvalue weighted by atomic mass is 9.96. The Hall–Kier alpha value is -2.54. The summed E-state index contributed by atoms with van der Waals surface area (Å²) in [5, 5.41) is 2.76. The lowest BCUT2D eigenvalue weighted by molar-refractivity contribution is -0.126. The fourth-order valence-corrected chi connectivity index (χ4v) is 3.04. The number of nitrogens with one attached hydrogen (secondary N) is 1. The van der Waals surface area contributed by atoms with Crippen molar-refractivity contribution in [1.82, 2.24) is 10.2 Å². The van der Waals surface area contributed by atoms with Gasteiger partial charge in [-0.25, -0.2) is 0 Å². The third-order valence-electron chi connectivity index (χ3n) is 4.27. The van der Waals surface area contributed by atoms with Crippen LogP contribution in [0.3, 0.4) is 0 Å². The molecule has 2 amide bonds. The number of carbonyl (C=O) groups excluding carboxylic acids is 2. The number of hydrogen-bond acceptors (Lipinski definition) is 2. The first-order valence-electron chi connectivity index (χ1n) is 8.21. The Morgan fingerprint density at radius 1 is 1.29 bits per heavy atom. The summed E-state index contributed by atoms with van der Waals surface area (Å²) in [6, 6.07) is 5.19. The van der Waals surface area contributed by atoms with Gasteiger partial charge in [0, 0.05) is 28.8 Å². The summed E-state index contributed by atoms with van der Waals surface area (Å²) in [5.41, 5.74) is 3.08. The van der Waals surface area contributed by atoms with Crippen LogP contribution >= 0.6 is 0 Å². The van der Waals surface area contributed by atoms with Crippen LogP contribution < -0.4 is 5.32 Å². The molecule has 0 bridgehead atoms.